The van der Waals surface area contributed by atoms with E-state index in [2.05, 4.69) is 20.3 Å². The fourth-order valence-corrected chi connectivity index (χ4v) is 6.18. The lowest BCUT2D eigenvalue weighted by molar-refractivity contribution is 0.102. The first-order valence-electron chi connectivity index (χ1n) is 9.47. The van der Waals surface area contributed by atoms with E-state index in [1.54, 1.807) is 23.8 Å². The van der Waals surface area contributed by atoms with Gasteiger partial charge in [0.05, 0.1) is 10.4 Å². The molecule has 0 bridgehead atoms. The normalized spacial score (nSPS) is 13.1. The molecule has 0 aromatic carbocycles. The molecule has 4 heterocycles. The summed E-state index contributed by atoms with van der Waals surface area (Å²) in [4.78, 5) is 40.8. The molecule has 0 aliphatic heterocycles. The molecule has 150 valence electrons. The Morgan fingerprint density at radius 1 is 1.03 bits per heavy atom. The van der Waals surface area contributed by atoms with Gasteiger partial charge in [-0.05, 0) is 48.8 Å². The number of aromatic nitrogens is 3. The van der Waals surface area contributed by atoms with Gasteiger partial charge in [0, 0.05) is 22.7 Å². The summed E-state index contributed by atoms with van der Waals surface area (Å²) >= 11 is 4.26. The molecule has 1 aliphatic carbocycles. The highest BCUT2D eigenvalue weighted by atomic mass is 32.1. The van der Waals surface area contributed by atoms with E-state index in [0.717, 1.165) is 31.2 Å². The molecule has 0 radical (unpaired) electrons. The molecule has 1 N–H and O–H groups in total. The maximum Gasteiger partial charge on any atom is 0.275 e. The van der Waals surface area contributed by atoms with Crippen molar-refractivity contribution in [2.75, 3.05) is 5.32 Å². The lowest BCUT2D eigenvalue weighted by Gasteiger charge is -2.12. The van der Waals surface area contributed by atoms with Crippen molar-refractivity contribution < 1.29 is 9.59 Å². The van der Waals surface area contributed by atoms with E-state index in [0.29, 0.717) is 32.0 Å². The second-order valence-electron chi connectivity index (χ2n) is 6.79. The zero-order chi connectivity index (χ0) is 20.5. The Balaban J connectivity index is 1.46. The van der Waals surface area contributed by atoms with E-state index < -0.39 is 0 Å². The molecule has 0 saturated carbocycles. The number of carbonyl (C=O) groups is 2. The van der Waals surface area contributed by atoms with Gasteiger partial charge < -0.3 is 5.32 Å². The molecule has 0 fully saturated rings. The van der Waals surface area contributed by atoms with Gasteiger partial charge in [0.2, 0.25) is 5.78 Å². The Labute approximate surface area is 184 Å². The van der Waals surface area contributed by atoms with Crippen LogP contribution < -0.4 is 5.32 Å². The third-order valence-electron chi connectivity index (χ3n) is 4.86. The van der Waals surface area contributed by atoms with Crippen LogP contribution in [0.5, 0.6) is 0 Å². The van der Waals surface area contributed by atoms with Gasteiger partial charge >= 0.3 is 0 Å². The fraction of sp³-hybridized carbons (Fsp3) is 0.190. The quantitative estimate of drug-likeness (QED) is 0.427. The largest absolute Gasteiger partial charge is 0.312 e. The molecular weight excluding hydrogens is 436 g/mol. The van der Waals surface area contributed by atoms with Crippen LogP contribution in [0.4, 0.5) is 5.00 Å². The molecule has 5 rings (SSSR count). The van der Waals surface area contributed by atoms with Gasteiger partial charge in [-0.3, -0.25) is 9.59 Å². The van der Waals surface area contributed by atoms with Gasteiger partial charge in [-0.1, -0.05) is 6.07 Å². The number of anilines is 1. The minimum atomic E-state index is -0.327. The maximum atomic E-state index is 13.2. The van der Waals surface area contributed by atoms with Crippen molar-refractivity contribution in [3.8, 4) is 10.8 Å². The number of fused-ring (bicyclic) bond motifs is 1. The van der Waals surface area contributed by atoms with E-state index in [-0.39, 0.29) is 11.7 Å². The van der Waals surface area contributed by atoms with E-state index in [1.807, 2.05) is 17.5 Å². The van der Waals surface area contributed by atoms with Gasteiger partial charge in [-0.15, -0.1) is 34.0 Å². The van der Waals surface area contributed by atoms with E-state index in [9.17, 15) is 9.59 Å². The van der Waals surface area contributed by atoms with Crippen LogP contribution in [0, 0.1) is 0 Å². The number of hydrogen-bond acceptors (Lipinski definition) is 8. The highest BCUT2D eigenvalue weighted by molar-refractivity contribution is 7.17. The first-order chi connectivity index (χ1) is 14.7. The van der Waals surface area contributed by atoms with Crippen LogP contribution in [0.3, 0.4) is 0 Å². The third-order valence-corrected chi connectivity index (χ3v) is 7.78. The third kappa shape index (κ3) is 3.60. The number of nitrogens with zero attached hydrogens (tertiary/aromatic N) is 3. The molecule has 0 saturated heterocycles. The molecule has 0 unspecified atom stereocenters. The number of ketones is 1. The Morgan fingerprint density at radius 3 is 2.67 bits per heavy atom. The van der Waals surface area contributed by atoms with Crippen LogP contribution >= 0.6 is 34.0 Å². The van der Waals surface area contributed by atoms with Crippen molar-refractivity contribution >= 4 is 50.7 Å². The van der Waals surface area contributed by atoms with Crippen LogP contribution in [-0.4, -0.2) is 26.6 Å². The van der Waals surface area contributed by atoms with Gasteiger partial charge in [-0.25, -0.2) is 15.0 Å². The summed E-state index contributed by atoms with van der Waals surface area (Å²) in [6.45, 7) is 0. The van der Waals surface area contributed by atoms with Crippen molar-refractivity contribution in [3.63, 3.8) is 0 Å². The summed E-state index contributed by atoms with van der Waals surface area (Å²) in [6, 6.07) is 5.44. The Morgan fingerprint density at radius 2 is 1.87 bits per heavy atom. The highest BCUT2D eigenvalue weighted by Gasteiger charge is 2.28. The number of amides is 1. The molecule has 6 nitrogen and oxygen atoms in total. The molecule has 1 amide bonds. The summed E-state index contributed by atoms with van der Waals surface area (Å²) in [5, 5.41) is 7.75. The van der Waals surface area contributed by atoms with Gasteiger partial charge in [-0.2, -0.15) is 0 Å². The number of rotatable bonds is 5. The number of hydrogen-bond donors (Lipinski definition) is 1. The van der Waals surface area contributed by atoms with Crippen molar-refractivity contribution in [1.82, 2.24) is 15.0 Å². The zero-order valence-electron chi connectivity index (χ0n) is 15.8. The minimum absolute atomic E-state index is 0.0173. The second-order valence-corrected chi connectivity index (χ2v) is 9.70. The number of carbonyl (C=O) groups excluding carboxylic acids is 2. The molecule has 0 atom stereocenters. The van der Waals surface area contributed by atoms with E-state index in [4.69, 9.17) is 0 Å². The Hall–Kier alpha value is -2.75. The summed E-state index contributed by atoms with van der Waals surface area (Å²) in [5.41, 5.74) is 2.03. The highest BCUT2D eigenvalue weighted by Crippen LogP contribution is 2.40. The molecule has 30 heavy (non-hydrogen) atoms. The smallest absolute Gasteiger partial charge is 0.275 e. The first-order valence-corrected chi connectivity index (χ1v) is 12.1. The van der Waals surface area contributed by atoms with Crippen molar-refractivity contribution in [3.05, 3.63) is 67.9 Å². The summed E-state index contributed by atoms with van der Waals surface area (Å²) < 4.78 is 0. The average molecular weight is 453 g/mol. The molecule has 4 aromatic heterocycles. The molecule has 0 spiro atoms. The van der Waals surface area contributed by atoms with Gasteiger partial charge in [0.25, 0.3) is 5.91 Å². The predicted molar refractivity (Wildman–Crippen MR) is 120 cm³/mol. The van der Waals surface area contributed by atoms with Gasteiger partial charge in [0.15, 0.2) is 10.8 Å². The molecule has 9 heteroatoms. The SMILES string of the molecule is O=C(Nc1sc2c(c1C(=O)c1cccs1)CCCC2)c1csc(-c2ncccn2)n1. The first kappa shape index (κ1) is 19.2. The zero-order valence-corrected chi connectivity index (χ0v) is 18.2. The van der Waals surface area contributed by atoms with Crippen LogP contribution in [-0.2, 0) is 12.8 Å². The summed E-state index contributed by atoms with van der Waals surface area (Å²) in [6.07, 6.45) is 7.28. The number of nitrogens with one attached hydrogen (secondary N) is 1. The van der Waals surface area contributed by atoms with Crippen molar-refractivity contribution in [2.45, 2.75) is 25.7 Å². The van der Waals surface area contributed by atoms with Gasteiger partial charge in [0.1, 0.15) is 10.7 Å². The second kappa shape index (κ2) is 8.17. The van der Waals surface area contributed by atoms with E-state index >= 15 is 0 Å². The average Bonchev–Trinajstić information content (AvgIpc) is 3.53. The van der Waals surface area contributed by atoms with E-state index in [1.165, 1.54) is 38.9 Å². The van der Waals surface area contributed by atoms with Crippen LogP contribution in [0.25, 0.3) is 10.8 Å². The Kier molecular flexibility index (Phi) is 5.24. The predicted octanol–water partition coefficient (Wildman–Crippen LogP) is 5.09. The lowest BCUT2D eigenvalue weighted by atomic mass is 9.93. The maximum absolute atomic E-state index is 13.2. The standard InChI is InChI=1S/C21H16N4O2S3/c26-17(15-7-3-10-28-15)16-12-5-1-2-6-14(12)30-20(16)25-19(27)13-11-29-21(24-13)18-22-8-4-9-23-18/h3-4,7-11H,1-2,5-6H2,(H,25,27). The molecule has 4 aromatic rings. The number of aryl methyl sites for hydroxylation is 1. The van der Waals surface area contributed by atoms with Crippen molar-refractivity contribution in [1.29, 1.82) is 0 Å². The monoisotopic (exact) mass is 452 g/mol. The number of thiazole rings is 1. The van der Waals surface area contributed by atoms with Crippen molar-refractivity contribution in [2.24, 2.45) is 0 Å². The number of thiophene rings is 2. The molecular formula is C21H16N4O2S3. The Bertz CT molecular complexity index is 1210. The van der Waals surface area contributed by atoms with Crippen LogP contribution in [0.2, 0.25) is 0 Å². The lowest BCUT2D eigenvalue weighted by Crippen LogP contribution is -2.15. The summed E-state index contributed by atoms with van der Waals surface area (Å²) in [5.74, 6) is 0.144. The van der Waals surface area contributed by atoms with Crippen LogP contribution in [0.15, 0.2) is 41.4 Å². The minimum Gasteiger partial charge on any atom is -0.312 e. The topological polar surface area (TPSA) is 84.8 Å². The fourth-order valence-electron chi connectivity index (χ4n) is 3.48. The summed E-state index contributed by atoms with van der Waals surface area (Å²) in [7, 11) is 0. The molecule has 1 aliphatic rings. The van der Waals surface area contributed by atoms with Crippen LogP contribution in [0.1, 0.15) is 49.0 Å².